The van der Waals surface area contributed by atoms with Crippen molar-refractivity contribution in [1.29, 1.82) is 0 Å². The minimum atomic E-state index is -1.87. The van der Waals surface area contributed by atoms with Gasteiger partial charge in [-0.25, -0.2) is 14.4 Å². The van der Waals surface area contributed by atoms with Crippen molar-refractivity contribution in [3.63, 3.8) is 0 Å². The summed E-state index contributed by atoms with van der Waals surface area (Å²) in [4.78, 5) is 48.9. The molecular formula is C30H47NO11. The normalized spacial score (nSPS) is 14.6. The molecule has 1 rings (SSSR count). The molecule has 0 aliphatic heterocycles. The fraction of sp³-hybridized carbons (Fsp3) is 0.667. The van der Waals surface area contributed by atoms with Gasteiger partial charge in [0.15, 0.2) is 11.5 Å². The Bertz CT molecular complexity index is 1030. The number of rotatable bonds is 17. The summed E-state index contributed by atoms with van der Waals surface area (Å²) in [6, 6.07) is 4.15. The second-order valence-corrected chi connectivity index (χ2v) is 11.2. The van der Waals surface area contributed by atoms with E-state index in [0.29, 0.717) is 17.9 Å². The number of carboxylic acid groups (broad SMARTS) is 1. The number of hydrogen-bond donors (Lipinski definition) is 2. The Hall–Kier alpha value is -3.54. The van der Waals surface area contributed by atoms with Gasteiger partial charge in [-0.3, -0.25) is 4.79 Å². The van der Waals surface area contributed by atoms with E-state index in [1.807, 2.05) is 41.5 Å². The first-order chi connectivity index (χ1) is 19.7. The zero-order valence-electron chi connectivity index (χ0n) is 25.8. The van der Waals surface area contributed by atoms with Crippen molar-refractivity contribution in [2.45, 2.75) is 92.2 Å². The van der Waals surface area contributed by atoms with Gasteiger partial charge < -0.3 is 39.3 Å². The molecule has 4 atom stereocenters. The van der Waals surface area contributed by atoms with Crippen LogP contribution in [0.2, 0.25) is 0 Å². The molecule has 1 aromatic rings. The van der Waals surface area contributed by atoms with E-state index in [4.69, 9.17) is 34.2 Å². The van der Waals surface area contributed by atoms with Gasteiger partial charge in [0.25, 0.3) is 0 Å². The Balaban J connectivity index is 3.10. The summed E-state index contributed by atoms with van der Waals surface area (Å²) in [6.45, 7) is 13.6. The van der Waals surface area contributed by atoms with Gasteiger partial charge in [-0.1, -0.05) is 60.5 Å². The lowest BCUT2D eigenvalue weighted by Gasteiger charge is -2.28. The molecular weight excluding hydrogens is 550 g/mol. The third-order valence-corrected chi connectivity index (χ3v) is 6.57. The second kappa shape index (κ2) is 18.1. The van der Waals surface area contributed by atoms with Gasteiger partial charge in [0.1, 0.15) is 11.6 Å². The third kappa shape index (κ3) is 13.9. The van der Waals surface area contributed by atoms with Crippen LogP contribution in [-0.4, -0.2) is 61.0 Å². The van der Waals surface area contributed by atoms with Gasteiger partial charge in [-0.05, 0) is 48.8 Å². The van der Waals surface area contributed by atoms with Crippen molar-refractivity contribution in [2.75, 3.05) is 19.8 Å². The predicted molar refractivity (Wildman–Crippen MR) is 154 cm³/mol. The van der Waals surface area contributed by atoms with E-state index in [-0.39, 0.29) is 56.0 Å². The number of aliphatic carboxylic acids is 1. The summed E-state index contributed by atoms with van der Waals surface area (Å²) < 4.78 is 31.1. The Morgan fingerprint density at radius 2 is 1.38 bits per heavy atom. The van der Waals surface area contributed by atoms with Crippen LogP contribution < -0.4 is 15.2 Å². The molecule has 0 radical (unpaired) electrons. The molecule has 0 aromatic heterocycles. The molecule has 12 heteroatoms. The highest BCUT2D eigenvalue weighted by Crippen LogP contribution is 2.31. The van der Waals surface area contributed by atoms with Crippen molar-refractivity contribution < 1.29 is 52.7 Å². The van der Waals surface area contributed by atoms with Crippen molar-refractivity contribution >= 4 is 24.4 Å². The highest BCUT2D eigenvalue weighted by atomic mass is 16.7. The number of ether oxygens (including phenoxy) is 6. The fourth-order valence-corrected chi connectivity index (χ4v) is 3.45. The Labute approximate surface area is 248 Å². The highest BCUT2D eigenvalue weighted by molar-refractivity contribution is 5.79. The minimum Gasteiger partial charge on any atom is -0.480 e. The van der Waals surface area contributed by atoms with Crippen molar-refractivity contribution in [3.05, 3.63) is 23.8 Å². The number of nitrogens with two attached hydrogens (primary N) is 1. The van der Waals surface area contributed by atoms with Crippen LogP contribution in [0.5, 0.6) is 11.5 Å². The molecule has 0 saturated carbocycles. The van der Waals surface area contributed by atoms with Crippen molar-refractivity contribution in [1.82, 2.24) is 0 Å². The fourth-order valence-electron chi connectivity index (χ4n) is 3.45. The Morgan fingerprint density at radius 3 is 1.88 bits per heavy atom. The first-order valence-corrected chi connectivity index (χ1v) is 14.4. The maximum absolute atomic E-state index is 12.4. The van der Waals surface area contributed by atoms with Gasteiger partial charge in [0, 0.05) is 12.8 Å². The lowest BCUT2D eigenvalue weighted by Crippen LogP contribution is -2.52. The number of benzene rings is 1. The molecule has 0 saturated heterocycles. The SMILES string of the molecule is CCC(C)COC(=O)Oc1ccc(CC(N)(C[C@H](C)OC(=O)OCCC(C)C)C(=O)O)cc1OC(=O)OCC(C)CC. The average molecular weight is 598 g/mol. The molecule has 0 heterocycles. The van der Waals surface area contributed by atoms with Crippen LogP contribution in [0, 0.1) is 17.8 Å². The van der Waals surface area contributed by atoms with E-state index >= 15 is 0 Å². The lowest BCUT2D eigenvalue weighted by molar-refractivity contribution is -0.144. The summed E-state index contributed by atoms with van der Waals surface area (Å²) in [7, 11) is 0. The molecule has 3 unspecified atom stereocenters. The summed E-state index contributed by atoms with van der Waals surface area (Å²) in [6.07, 6.45) is -2.06. The number of hydrogen-bond acceptors (Lipinski definition) is 11. The zero-order chi connectivity index (χ0) is 31.9. The molecule has 0 bridgehead atoms. The topological polar surface area (TPSA) is 170 Å². The zero-order valence-corrected chi connectivity index (χ0v) is 25.8. The van der Waals surface area contributed by atoms with Crippen LogP contribution in [0.3, 0.4) is 0 Å². The van der Waals surface area contributed by atoms with Crippen LogP contribution in [0.4, 0.5) is 14.4 Å². The van der Waals surface area contributed by atoms with Gasteiger partial charge in [0.05, 0.1) is 19.8 Å². The van der Waals surface area contributed by atoms with Gasteiger partial charge in [0.2, 0.25) is 0 Å². The molecule has 3 N–H and O–H groups in total. The lowest BCUT2D eigenvalue weighted by atomic mass is 9.86. The number of carbonyl (C=O) groups excluding carboxylic acids is 3. The summed E-state index contributed by atoms with van der Waals surface area (Å²) in [5.74, 6) is -1.11. The van der Waals surface area contributed by atoms with Crippen LogP contribution in [0.25, 0.3) is 0 Å². The second-order valence-electron chi connectivity index (χ2n) is 11.2. The Morgan fingerprint density at radius 1 is 0.833 bits per heavy atom. The van der Waals surface area contributed by atoms with E-state index in [2.05, 4.69) is 0 Å². The van der Waals surface area contributed by atoms with E-state index in [1.165, 1.54) is 25.1 Å². The molecule has 1 aromatic carbocycles. The molecule has 0 amide bonds. The number of carboxylic acids is 1. The van der Waals surface area contributed by atoms with E-state index < -0.39 is 36.1 Å². The molecule has 238 valence electrons. The van der Waals surface area contributed by atoms with E-state index in [1.54, 1.807) is 0 Å². The monoisotopic (exact) mass is 597 g/mol. The van der Waals surface area contributed by atoms with Gasteiger partial charge >= 0.3 is 24.4 Å². The maximum atomic E-state index is 12.4. The predicted octanol–water partition coefficient (Wildman–Crippen LogP) is 6.11. The van der Waals surface area contributed by atoms with E-state index in [0.717, 1.165) is 12.8 Å². The minimum absolute atomic E-state index is 0.0975. The summed E-state index contributed by atoms with van der Waals surface area (Å²) >= 11 is 0. The summed E-state index contributed by atoms with van der Waals surface area (Å²) in [5.41, 5.74) is 4.74. The quantitative estimate of drug-likeness (QED) is 0.120. The first kappa shape index (κ1) is 36.5. The number of carbonyl (C=O) groups is 4. The van der Waals surface area contributed by atoms with Gasteiger partial charge in [-0.15, -0.1) is 0 Å². The van der Waals surface area contributed by atoms with Crippen LogP contribution >= 0.6 is 0 Å². The van der Waals surface area contributed by atoms with Crippen molar-refractivity contribution in [3.8, 4) is 11.5 Å². The van der Waals surface area contributed by atoms with E-state index in [9.17, 15) is 24.3 Å². The largest absolute Gasteiger partial charge is 0.513 e. The first-order valence-electron chi connectivity index (χ1n) is 14.4. The molecule has 0 aliphatic rings. The average Bonchev–Trinajstić information content (AvgIpc) is 2.91. The van der Waals surface area contributed by atoms with Crippen LogP contribution in [-0.2, 0) is 30.2 Å². The molecule has 12 nitrogen and oxygen atoms in total. The molecule has 42 heavy (non-hydrogen) atoms. The molecule has 0 spiro atoms. The highest BCUT2D eigenvalue weighted by Gasteiger charge is 2.37. The van der Waals surface area contributed by atoms with Crippen LogP contribution in [0.15, 0.2) is 18.2 Å². The molecule has 0 fully saturated rings. The third-order valence-electron chi connectivity index (χ3n) is 6.57. The maximum Gasteiger partial charge on any atom is 0.513 e. The smallest absolute Gasteiger partial charge is 0.480 e. The van der Waals surface area contributed by atoms with Crippen molar-refractivity contribution in [2.24, 2.45) is 23.5 Å². The summed E-state index contributed by atoms with van der Waals surface area (Å²) in [5, 5.41) is 9.95. The molecule has 0 aliphatic carbocycles. The van der Waals surface area contributed by atoms with Crippen LogP contribution in [0.1, 0.15) is 79.7 Å². The standard InChI is InChI=1S/C30H47NO11/c1-8-20(5)17-38-28(35)41-24-11-10-23(14-25(24)42-29(36)39-18-21(6)9-2)16-30(31,26(32)33)15-22(7)40-27(34)37-13-12-19(3)4/h10-11,14,19-22H,8-9,12-13,15-18,31H2,1-7H3,(H,32,33)/t20?,21?,22-,30?/m0/s1. The van der Waals surface area contributed by atoms with Gasteiger partial charge in [-0.2, -0.15) is 0 Å². The Kier molecular flexibility index (Phi) is 15.7.